The Morgan fingerprint density at radius 2 is 1.62 bits per heavy atom. The summed E-state index contributed by atoms with van der Waals surface area (Å²) in [5.41, 5.74) is 8.51. The summed E-state index contributed by atoms with van der Waals surface area (Å²) in [6.45, 7) is 0. The van der Waals surface area contributed by atoms with Crippen LogP contribution >= 0.6 is 0 Å². The zero-order valence-electron chi connectivity index (χ0n) is 13.0. The van der Waals surface area contributed by atoms with Crippen LogP contribution < -0.4 is 16.4 Å². The lowest BCUT2D eigenvalue weighted by molar-refractivity contribution is -0.116. The molecule has 122 valence electrons. The van der Waals surface area contributed by atoms with E-state index in [4.69, 9.17) is 5.73 Å². The summed E-state index contributed by atoms with van der Waals surface area (Å²) in [6.07, 6.45) is 3.00. The summed E-state index contributed by atoms with van der Waals surface area (Å²) in [7, 11) is 0. The normalized spacial score (nSPS) is 10.5. The molecule has 24 heavy (non-hydrogen) atoms. The number of amides is 3. The average Bonchev–Trinajstić information content (AvgIpc) is 2.98. The molecule has 6 heteroatoms. The molecule has 0 aliphatic heterocycles. The zero-order valence-corrected chi connectivity index (χ0v) is 13.0. The van der Waals surface area contributed by atoms with Gasteiger partial charge in [0.25, 0.3) is 0 Å². The van der Waals surface area contributed by atoms with Gasteiger partial charge >= 0.3 is 6.03 Å². The smallest absolute Gasteiger partial charge is 0.316 e. The Morgan fingerprint density at radius 1 is 0.958 bits per heavy atom. The van der Waals surface area contributed by atoms with Crippen LogP contribution in [0.15, 0.2) is 54.7 Å². The molecular weight excluding hydrogens is 304 g/mol. The van der Waals surface area contributed by atoms with Gasteiger partial charge in [-0.3, -0.25) is 4.79 Å². The van der Waals surface area contributed by atoms with Crippen molar-refractivity contribution < 1.29 is 9.59 Å². The number of benzene rings is 2. The molecule has 0 atom stereocenters. The second-order valence-corrected chi connectivity index (χ2v) is 5.47. The molecule has 0 saturated carbocycles. The van der Waals surface area contributed by atoms with Gasteiger partial charge in [0.2, 0.25) is 5.91 Å². The number of urea groups is 1. The maximum Gasteiger partial charge on any atom is 0.316 e. The fourth-order valence-corrected chi connectivity index (χ4v) is 2.59. The zero-order chi connectivity index (χ0) is 16.9. The first kappa shape index (κ1) is 15.6. The molecule has 0 radical (unpaired) electrons. The highest BCUT2D eigenvalue weighted by Crippen LogP contribution is 2.19. The van der Waals surface area contributed by atoms with Crippen LogP contribution in [-0.2, 0) is 11.2 Å². The molecule has 0 bridgehead atoms. The van der Waals surface area contributed by atoms with Crippen molar-refractivity contribution in [1.29, 1.82) is 0 Å². The number of hydrogen-bond donors (Lipinski definition) is 4. The van der Waals surface area contributed by atoms with E-state index in [1.807, 2.05) is 30.5 Å². The second kappa shape index (κ2) is 6.87. The summed E-state index contributed by atoms with van der Waals surface area (Å²) in [5, 5.41) is 6.45. The lowest BCUT2D eigenvalue weighted by Crippen LogP contribution is -2.19. The molecule has 1 heterocycles. The summed E-state index contributed by atoms with van der Waals surface area (Å²) in [6, 6.07) is 14.2. The van der Waals surface area contributed by atoms with Gasteiger partial charge in [-0.2, -0.15) is 0 Å². The lowest BCUT2D eigenvalue weighted by Gasteiger charge is -2.07. The van der Waals surface area contributed by atoms with Crippen molar-refractivity contribution in [2.75, 3.05) is 10.6 Å². The molecule has 0 unspecified atom stereocenters. The molecule has 2 aromatic carbocycles. The molecule has 0 aliphatic rings. The number of carbonyl (C=O) groups is 2. The van der Waals surface area contributed by atoms with E-state index < -0.39 is 6.03 Å². The average molecular weight is 322 g/mol. The van der Waals surface area contributed by atoms with Crippen molar-refractivity contribution in [3.63, 3.8) is 0 Å². The third-order valence-electron chi connectivity index (χ3n) is 3.73. The first-order valence-electron chi connectivity index (χ1n) is 7.63. The number of hydrogen-bond acceptors (Lipinski definition) is 2. The Morgan fingerprint density at radius 3 is 2.33 bits per heavy atom. The summed E-state index contributed by atoms with van der Waals surface area (Å²) >= 11 is 0. The van der Waals surface area contributed by atoms with Crippen molar-refractivity contribution >= 4 is 34.2 Å². The van der Waals surface area contributed by atoms with Crippen LogP contribution in [0, 0.1) is 0 Å². The third-order valence-corrected chi connectivity index (χ3v) is 3.73. The third kappa shape index (κ3) is 3.73. The van der Waals surface area contributed by atoms with E-state index in [1.165, 1.54) is 0 Å². The quantitative estimate of drug-likeness (QED) is 0.580. The van der Waals surface area contributed by atoms with Crippen LogP contribution in [0.25, 0.3) is 10.9 Å². The highest BCUT2D eigenvalue weighted by molar-refractivity contribution is 5.92. The highest BCUT2D eigenvalue weighted by Gasteiger charge is 2.07. The van der Waals surface area contributed by atoms with Gasteiger partial charge in [-0.25, -0.2) is 4.79 Å². The Hall–Kier alpha value is -3.28. The predicted molar refractivity (Wildman–Crippen MR) is 94.9 cm³/mol. The number of aryl methyl sites for hydroxylation is 1. The Bertz CT molecular complexity index is 868. The van der Waals surface area contributed by atoms with E-state index in [1.54, 1.807) is 24.3 Å². The number of anilines is 2. The van der Waals surface area contributed by atoms with Crippen LogP contribution in [0.3, 0.4) is 0 Å². The summed E-state index contributed by atoms with van der Waals surface area (Å²) < 4.78 is 0. The summed E-state index contributed by atoms with van der Waals surface area (Å²) in [4.78, 5) is 26.1. The fraction of sp³-hybridized carbons (Fsp3) is 0.111. The molecule has 1 aromatic heterocycles. The molecule has 0 saturated heterocycles. The van der Waals surface area contributed by atoms with Crippen LogP contribution in [0.2, 0.25) is 0 Å². The maximum absolute atomic E-state index is 12.1. The van der Waals surface area contributed by atoms with Gasteiger partial charge in [-0.1, -0.05) is 18.2 Å². The number of primary amides is 1. The van der Waals surface area contributed by atoms with Crippen LogP contribution in [0.4, 0.5) is 16.2 Å². The Labute approximate surface area is 139 Å². The number of nitrogens with one attached hydrogen (secondary N) is 3. The number of H-pyrrole nitrogens is 1. The van der Waals surface area contributed by atoms with E-state index in [2.05, 4.69) is 15.6 Å². The number of nitrogens with two attached hydrogens (primary N) is 1. The molecule has 3 aromatic rings. The van der Waals surface area contributed by atoms with Crippen molar-refractivity contribution in [3.05, 3.63) is 60.3 Å². The monoisotopic (exact) mass is 322 g/mol. The van der Waals surface area contributed by atoms with E-state index in [9.17, 15) is 9.59 Å². The van der Waals surface area contributed by atoms with Gasteiger partial charge in [0, 0.05) is 34.9 Å². The van der Waals surface area contributed by atoms with Gasteiger partial charge in [-0.15, -0.1) is 0 Å². The van der Waals surface area contributed by atoms with Gasteiger partial charge < -0.3 is 21.4 Å². The number of rotatable bonds is 5. The first-order chi connectivity index (χ1) is 11.6. The highest BCUT2D eigenvalue weighted by atomic mass is 16.2. The lowest BCUT2D eigenvalue weighted by atomic mass is 10.1. The molecular formula is C18H18N4O2. The molecule has 0 fully saturated rings. The molecule has 6 nitrogen and oxygen atoms in total. The number of carbonyl (C=O) groups excluding carboxylic acids is 2. The van der Waals surface area contributed by atoms with Crippen molar-refractivity contribution in [2.24, 2.45) is 5.73 Å². The van der Waals surface area contributed by atoms with Crippen LogP contribution in [-0.4, -0.2) is 16.9 Å². The number of fused-ring (bicyclic) bond motifs is 1. The van der Waals surface area contributed by atoms with Gasteiger partial charge in [0.05, 0.1) is 0 Å². The second-order valence-electron chi connectivity index (χ2n) is 5.47. The molecule has 3 rings (SSSR count). The largest absolute Gasteiger partial charge is 0.361 e. The van der Waals surface area contributed by atoms with E-state index in [0.29, 0.717) is 24.2 Å². The summed E-state index contributed by atoms with van der Waals surface area (Å²) in [5.74, 6) is -0.0594. The van der Waals surface area contributed by atoms with Gasteiger partial charge in [0.1, 0.15) is 0 Å². The van der Waals surface area contributed by atoms with Crippen LogP contribution in [0.5, 0.6) is 0 Å². The van der Waals surface area contributed by atoms with E-state index >= 15 is 0 Å². The SMILES string of the molecule is NC(=O)Nc1ccc(NC(=O)CCc2c[nH]c3ccccc23)cc1. The molecule has 0 spiro atoms. The standard InChI is InChI=1S/C18H18N4O2/c19-18(24)22-14-8-6-13(7-9-14)21-17(23)10-5-12-11-20-16-4-2-1-3-15(12)16/h1-4,6-9,11,20H,5,10H2,(H,21,23)(H3,19,22,24). The van der Waals surface area contributed by atoms with Crippen molar-refractivity contribution in [2.45, 2.75) is 12.8 Å². The van der Waals surface area contributed by atoms with Gasteiger partial charge in [0.15, 0.2) is 0 Å². The fourth-order valence-electron chi connectivity index (χ4n) is 2.59. The minimum atomic E-state index is -0.620. The Kier molecular flexibility index (Phi) is 4.47. The molecule has 3 amide bonds. The van der Waals surface area contributed by atoms with Crippen molar-refractivity contribution in [3.8, 4) is 0 Å². The number of aromatic amines is 1. The first-order valence-corrected chi connectivity index (χ1v) is 7.63. The number of aromatic nitrogens is 1. The predicted octanol–water partition coefficient (Wildman–Crippen LogP) is 3.23. The number of para-hydroxylation sites is 1. The molecule has 5 N–H and O–H groups in total. The molecule has 0 aliphatic carbocycles. The van der Waals surface area contributed by atoms with E-state index in [-0.39, 0.29) is 5.91 Å². The maximum atomic E-state index is 12.1. The minimum absolute atomic E-state index is 0.0594. The minimum Gasteiger partial charge on any atom is -0.361 e. The van der Waals surface area contributed by atoms with Gasteiger partial charge in [-0.05, 0) is 42.3 Å². The topological polar surface area (TPSA) is 100 Å². The van der Waals surface area contributed by atoms with E-state index in [0.717, 1.165) is 16.5 Å². The Balaban J connectivity index is 1.56. The van der Waals surface area contributed by atoms with Crippen LogP contribution in [0.1, 0.15) is 12.0 Å². The van der Waals surface area contributed by atoms with Crippen molar-refractivity contribution in [1.82, 2.24) is 4.98 Å².